The van der Waals surface area contributed by atoms with Crippen LogP contribution in [0.1, 0.15) is 43.4 Å². The minimum atomic E-state index is -0.209. The topological polar surface area (TPSA) is 29.9 Å². The van der Waals surface area contributed by atoms with Gasteiger partial charge < -0.3 is 5.32 Å². The van der Waals surface area contributed by atoms with Gasteiger partial charge in [-0.3, -0.25) is 0 Å². The number of rotatable bonds is 6. The molecular weight excluding hydrogens is 253 g/mol. The molecule has 0 saturated heterocycles. The molecule has 0 unspecified atom stereocenters. The van der Waals surface area contributed by atoms with Gasteiger partial charge in [-0.1, -0.05) is 6.92 Å². The molecule has 1 N–H and O–H groups in total. The second-order valence-electron chi connectivity index (χ2n) is 5.45. The summed E-state index contributed by atoms with van der Waals surface area (Å²) in [6.07, 6.45) is 5.45. The Balaban J connectivity index is 1.80. The van der Waals surface area contributed by atoms with Crippen LogP contribution in [0, 0.1) is 5.82 Å². The zero-order chi connectivity index (χ0) is 13.9. The first-order valence-corrected chi connectivity index (χ1v) is 7.32. The number of hydrogen-bond acceptors (Lipinski definition) is 2. The predicted molar refractivity (Wildman–Crippen MR) is 77.5 cm³/mol. The van der Waals surface area contributed by atoms with Gasteiger partial charge in [-0.15, -0.1) is 0 Å². The van der Waals surface area contributed by atoms with E-state index in [1.54, 1.807) is 10.7 Å². The highest BCUT2D eigenvalue weighted by Gasteiger charge is 2.25. The number of nitrogens with zero attached hydrogens (tertiary/aromatic N) is 2. The normalized spacial score (nSPS) is 14.7. The van der Waals surface area contributed by atoms with E-state index in [-0.39, 0.29) is 5.82 Å². The molecule has 1 heterocycles. The maximum atomic E-state index is 13.7. The highest BCUT2D eigenvalue weighted by atomic mass is 19.1. The van der Waals surface area contributed by atoms with Crippen molar-refractivity contribution >= 4 is 0 Å². The largest absolute Gasteiger partial charge is 0.313 e. The molecule has 0 aliphatic heterocycles. The van der Waals surface area contributed by atoms with Crippen molar-refractivity contribution in [3.63, 3.8) is 0 Å². The standard InChI is InChI=1S/C16H20FN3/c1-2-6-18-11-12-8-14(17)10-15(9-12)20-7-5-16(19-20)13-3-4-13/h5,7-10,13,18H,2-4,6,11H2,1H3. The maximum Gasteiger partial charge on any atom is 0.125 e. The van der Waals surface area contributed by atoms with E-state index in [9.17, 15) is 4.39 Å². The van der Waals surface area contributed by atoms with Crippen LogP contribution in [0.4, 0.5) is 4.39 Å². The smallest absolute Gasteiger partial charge is 0.125 e. The van der Waals surface area contributed by atoms with Crippen LogP contribution in [0.3, 0.4) is 0 Å². The third-order valence-electron chi connectivity index (χ3n) is 3.57. The Hall–Kier alpha value is -1.68. The minimum absolute atomic E-state index is 0.209. The Bertz CT molecular complexity index is 587. The molecule has 4 heteroatoms. The van der Waals surface area contributed by atoms with Crippen LogP contribution >= 0.6 is 0 Å². The number of benzene rings is 1. The van der Waals surface area contributed by atoms with Crippen molar-refractivity contribution < 1.29 is 4.39 Å². The zero-order valence-electron chi connectivity index (χ0n) is 11.8. The Kier molecular flexibility index (Phi) is 3.83. The summed E-state index contributed by atoms with van der Waals surface area (Å²) in [5.41, 5.74) is 2.88. The van der Waals surface area contributed by atoms with Crippen molar-refractivity contribution in [3.05, 3.63) is 47.5 Å². The van der Waals surface area contributed by atoms with E-state index in [2.05, 4.69) is 17.3 Å². The molecule has 0 atom stereocenters. The summed E-state index contributed by atoms with van der Waals surface area (Å²) in [7, 11) is 0. The quantitative estimate of drug-likeness (QED) is 0.818. The van der Waals surface area contributed by atoms with Gasteiger partial charge in [0.1, 0.15) is 5.82 Å². The second-order valence-corrected chi connectivity index (χ2v) is 5.45. The molecule has 1 aromatic carbocycles. The van der Waals surface area contributed by atoms with E-state index in [1.165, 1.54) is 18.9 Å². The van der Waals surface area contributed by atoms with Crippen LogP contribution in [-0.2, 0) is 6.54 Å². The predicted octanol–water partition coefficient (Wildman–Crippen LogP) is 3.39. The van der Waals surface area contributed by atoms with E-state index >= 15 is 0 Å². The Morgan fingerprint density at radius 1 is 1.35 bits per heavy atom. The summed E-state index contributed by atoms with van der Waals surface area (Å²) in [6.45, 7) is 3.75. The lowest BCUT2D eigenvalue weighted by atomic mass is 10.2. The summed E-state index contributed by atoms with van der Waals surface area (Å²) in [5, 5.41) is 7.85. The molecule has 1 aliphatic rings. The van der Waals surface area contributed by atoms with E-state index in [0.29, 0.717) is 12.5 Å². The van der Waals surface area contributed by atoms with Crippen LogP contribution in [0.25, 0.3) is 5.69 Å². The number of hydrogen-bond donors (Lipinski definition) is 1. The summed E-state index contributed by atoms with van der Waals surface area (Å²) in [4.78, 5) is 0. The number of nitrogens with one attached hydrogen (secondary N) is 1. The van der Waals surface area contributed by atoms with Gasteiger partial charge in [0.15, 0.2) is 0 Å². The molecule has 2 aromatic rings. The molecule has 106 valence electrons. The molecule has 0 spiro atoms. The number of aromatic nitrogens is 2. The third-order valence-corrected chi connectivity index (χ3v) is 3.57. The van der Waals surface area contributed by atoms with Crippen molar-refractivity contribution in [2.24, 2.45) is 0 Å². The van der Waals surface area contributed by atoms with Gasteiger partial charge in [0, 0.05) is 18.7 Å². The van der Waals surface area contributed by atoms with Crippen LogP contribution < -0.4 is 5.32 Å². The first-order chi connectivity index (χ1) is 9.76. The summed E-state index contributed by atoms with van der Waals surface area (Å²) >= 11 is 0. The average Bonchev–Trinajstić information content (AvgIpc) is 3.16. The van der Waals surface area contributed by atoms with Gasteiger partial charge in [-0.2, -0.15) is 5.10 Å². The first-order valence-electron chi connectivity index (χ1n) is 7.32. The molecule has 1 saturated carbocycles. The Morgan fingerprint density at radius 2 is 2.20 bits per heavy atom. The van der Waals surface area contributed by atoms with E-state index in [0.717, 1.165) is 29.9 Å². The lowest BCUT2D eigenvalue weighted by molar-refractivity contribution is 0.616. The minimum Gasteiger partial charge on any atom is -0.313 e. The molecule has 1 fully saturated rings. The van der Waals surface area contributed by atoms with E-state index < -0.39 is 0 Å². The van der Waals surface area contributed by atoms with Gasteiger partial charge in [-0.05, 0) is 55.6 Å². The van der Waals surface area contributed by atoms with Gasteiger partial charge in [0.05, 0.1) is 11.4 Å². The monoisotopic (exact) mass is 273 g/mol. The molecule has 20 heavy (non-hydrogen) atoms. The highest BCUT2D eigenvalue weighted by Crippen LogP contribution is 2.39. The summed E-state index contributed by atoms with van der Waals surface area (Å²) in [6, 6.07) is 7.15. The van der Waals surface area contributed by atoms with E-state index in [4.69, 9.17) is 0 Å². The molecule has 0 amide bonds. The van der Waals surface area contributed by atoms with Gasteiger partial charge >= 0.3 is 0 Å². The molecule has 0 radical (unpaired) electrons. The maximum absolute atomic E-state index is 13.7. The first kappa shape index (κ1) is 13.3. The Morgan fingerprint density at radius 3 is 2.95 bits per heavy atom. The summed E-state index contributed by atoms with van der Waals surface area (Å²) in [5.74, 6) is 0.412. The van der Waals surface area contributed by atoms with Gasteiger partial charge in [-0.25, -0.2) is 9.07 Å². The lowest BCUT2D eigenvalue weighted by Gasteiger charge is -2.07. The SMILES string of the molecule is CCCNCc1cc(F)cc(-n2ccc(C3CC3)n2)c1. The molecule has 0 bridgehead atoms. The van der Waals surface area contributed by atoms with Crippen molar-refractivity contribution in [2.45, 2.75) is 38.6 Å². The zero-order valence-corrected chi connectivity index (χ0v) is 11.8. The number of halogens is 1. The van der Waals surface area contributed by atoms with Crippen molar-refractivity contribution in [3.8, 4) is 5.69 Å². The van der Waals surface area contributed by atoms with Gasteiger partial charge in [0.2, 0.25) is 0 Å². The average molecular weight is 273 g/mol. The van der Waals surface area contributed by atoms with Crippen molar-refractivity contribution in [1.82, 2.24) is 15.1 Å². The fourth-order valence-corrected chi connectivity index (χ4v) is 2.36. The molecular formula is C16H20FN3. The fourth-order valence-electron chi connectivity index (χ4n) is 2.36. The second kappa shape index (κ2) is 5.75. The van der Waals surface area contributed by atoms with Gasteiger partial charge in [0.25, 0.3) is 0 Å². The molecule has 1 aliphatic carbocycles. The van der Waals surface area contributed by atoms with E-state index in [1.807, 2.05) is 18.3 Å². The van der Waals surface area contributed by atoms with Crippen LogP contribution in [0.2, 0.25) is 0 Å². The van der Waals surface area contributed by atoms with Crippen LogP contribution in [-0.4, -0.2) is 16.3 Å². The van der Waals surface area contributed by atoms with Crippen molar-refractivity contribution in [2.75, 3.05) is 6.54 Å². The third kappa shape index (κ3) is 3.07. The molecule has 3 rings (SSSR count). The van der Waals surface area contributed by atoms with Crippen LogP contribution in [0.15, 0.2) is 30.5 Å². The molecule has 1 aromatic heterocycles. The van der Waals surface area contributed by atoms with Crippen LogP contribution in [0.5, 0.6) is 0 Å². The molecule has 3 nitrogen and oxygen atoms in total. The Labute approximate surface area is 118 Å². The summed E-state index contributed by atoms with van der Waals surface area (Å²) < 4.78 is 15.5. The lowest BCUT2D eigenvalue weighted by Crippen LogP contribution is -2.14. The fraction of sp³-hybridized carbons (Fsp3) is 0.438. The van der Waals surface area contributed by atoms with Crippen molar-refractivity contribution in [1.29, 1.82) is 0 Å². The highest BCUT2D eigenvalue weighted by molar-refractivity contribution is 5.36.